The van der Waals surface area contributed by atoms with Crippen LogP contribution in [0.2, 0.25) is 5.28 Å². The number of hydrogen-bond donors (Lipinski definition) is 2. The Labute approximate surface area is 113 Å². The Hall–Kier alpha value is -0.870. The van der Waals surface area contributed by atoms with Crippen LogP contribution >= 0.6 is 11.6 Å². The Bertz CT molecular complexity index is 429. The van der Waals surface area contributed by atoms with Crippen LogP contribution in [-0.4, -0.2) is 22.6 Å². The molecule has 1 aromatic heterocycles. The van der Waals surface area contributed by atoms with E-state index in [1.807, 2.05) is 0 Å². The predicted octanol–water partition coefficient (Wildman–Crippen LogP) is 2.52. The molecule has 0 radical (unpaired) electrons. The van der Waals surface area contributed by atoms with Gasteiger partial charge in [0.25, 0.3) is 0 Å². The first kappa shape index (κ1) is 12.2. The number of aromatic nitrogens is 2. The first-order chi connectivity index (χ1) is 8.83. The summed E-state index contributed by atoms with van der Waals surface area (Å²) in [6, 6.07) is 0.552. The fraction of sp³-hybridized carbons (Fsp3) is 0.692. The Morgan fingerprint density at radius 1 is 1.17 bits per heavy atom. The van der Waals surface area contributed by atoms with Gasteiger partial charge in [0.2, 0.25) is 5.28 Å². The van der Waals surface area contributed by atoms with Crippen LogP contribution in [0.4, 0.5) is 5.82 Å². The average Bonchev–Trinajstić information content (AvgIpc) is 2.40. The van der Waals surface area contributed by atoms with Gasteiger partial charge >= 0.3 is 0 Å². The molecule has 5 heteroatoms. The van der Waals surface area contributed by atoms with Crippen molar-refractivity contribution in [2.45, 2.75) is 51.1 Å². The largest absolute Gasteiger partial charge is 0.367 e. The number of anilines is 1. The van der Waals surface area contributed by atoms with E-state index in [2.05, 4.69) is 20.6 Å². The van der Waals surface area contributed by atoms with E-state index in [-0.39, 0.29) is 0 Å². The second kappa shape index (κ2) is 5.41. The monoisotopic (exact) mass is 266 g/mol. The number of hydrogen-bond acceptors (Lipinski definition) is 4. The van der Waals surface area contributed by atoms with Gasteiger partial charge in [0.15, 0.2) is 0 Å². The summed E-state index contributed by atoms with van der Waals surface area (Å²) in [5, 5.41) is 7.32. The normalized spacial score (nSPS) is 20.5. The summed E-state index contributed by atoms with van der Waals surface area (Å²) in [4.78, 5) is 8.73. The van der Waals surface area contributed by atoms with E-state index in [0.29, 0.717) is 11.3 Å². The lowest BCUT2D eigenvalue weighted by Crippen LogP contribution is -2.29. The fourth-order valence-corrected chi connectivity index (χ4v) is 3.06. The van der Waals surface area contributed by atoms with Crippen LogP contribution in [0.1, 0.15) is 43.4 Å². The molecule has 0 spiro atoms. The van der Waals surface area contributed by atoms with Gasteiger partial charge < -0.3 is 10.6 Å². The molecule has 1 fully saturated rings. The number of nitrogens with one attached hydrogen (secondary N) is 2. The summed E-state index contributed by atoms with van der Waals surface area (Å²) in [5.41, 5.74) is 2.31. The Balaban J connectivity index is 1.83. The smallest absolute Gasteiger partial charge is 0.224 e. The highest BCUT2D eigenvalue weighted by molar-refractivity contribution is 6.28. The van der Waals surface area contributed by atoms with Crippen LogP contribution in [0.5, 0.6) is 0 Å². The molecule has 0 bridgehead atoms. The summed E-state index contributed by atoms with van der Waals surface area (Å²) in [6.07, 6.45) is 7.42. The predicted molar refractivity (Wildman–Crippen MR) is 72.9 cm³/mol. The Morgan fingerprint density at radius 3 is 2.83 bits per heavy atom. The van der Waals surface area contributed by atoms with Crippen molar-refractivity contribution in [2.24, 2.45) is 0 Å². The van der Waals surface area contributed by atoms with Gasteiger partial charge in [-0.3, -0.25) is 0 Å². The molecule has 2 N–H and O–H groups in total. The molecule has 2 aliphatic rings. The van der Waals surface area contributed by atoms with Crippen LogP contribution in [0, 0.1) is 0 Å². The van der Waals surface area contributed by atoms with Crippen molar-refractivity contribution in [3.8, 4) is 0 Å². The summed E-state index contributed by atoms with van der Waals surface area (Å²) >= 11 is 6.02. The van der Waals surface area contributed by atoms with Crippen LogP contribution in [0.3, 0.4) is 0 Å². The molecule has 18 heavy (non-hydrogen) atoms. The van der Waals surface area contributed by atoms with E-state index in [1.54, 1.807) is 0 Å². The lowest BCUT2D eigenvalue weighted by atomic mass is 9.95. The third kappa shape index (κ3) is 2.59. The molecule has 1 aromatic rings. The summed E-state index contributed by atoms with van der Waals surface area (Å²) < 4.78 is 0. The fourth-order valence-electron chi connectivity index (χ4n) is 2.87. The number of rotatable bonds is 2. The Morgan fingerprint density at radius 2 is 2.00 bits per heavy atom. The second-order valence-corrected chi connectivity index (χ2v) is 5.51. The maximum Gasteiger partial charge on any atom is 0.224 e. The summed E-state index contributed by atoms with van der Waals surface area (Å²) in [5.74, 6) is 0.948. The van der Waals surface area contributed by atoms with Crippen molar-refractivity contribution in [3.63, 3.8) is 0 Å². The third-order valence-electron chi connectivity index (χ3n) is 3.85. The summed E-state index contributed by atoms with van der Waals surface area (Å²) in [7, 11) is 0. The highest BCUT2D eigenvalue weighted by Crippen LogP contribution is 2.26. The van der Waals surface area contributed by atoms with Crippen LogP contribution in [0.15, 0.2) is 0 Å². The van der Waals surface area contributed by atoms with Gasteiger partial charge in [-0.25, -0.2) is 9.97 Å². The van der Waals surface area contributed by atoms with Crippen LogP contribution in [-0.2, 0) is 13.0 Å². The molecule has 4 nitrogen and oxygen atoms in total. The second-order valence-electron chi connectivity index (χ2n) is 5.17. The number of nitrogens with zero attached hydrogens (tertiary/aromatic N) is 2. The molecular weight excluding hydrogens is 248 g/mol. The zero-order valence-corrected chi connectivity index (χ0v) is 11.3. The van der Waals surface area contributed by atoms with Crippen molar-refractivity contribution in [3.05, 3.63) is 16.5 Å². The molecule has 0 atom stereocenters. The molecule has 1 aliphatic carbocycles. The molecule has 3 rings (SSSR count). The highest BCUT2D eigenvalue weighted by atomic mass is 35.5. The molecule has 0 saturated heterocycles. The van der Waals surface area contributed by atoms with E-state index in [0.717, 1.165) is 31.0 Å². The van der Waals surface area contributed by atoms with Gasteiger partial charge in [-0.1, -0.05) is 19.3 Å². The van der Waals surface area contributed by atoms with Gasteiger partial charge in [-0.15, -0.1) is 0 Å². The Kier molecular flexibility index (Phi) is 3.66. The SMILES string of the molecule is Clc1nc2c(c(NC3CCCCC3)n1)CNCC2. The van der Waals surface area contributed by atoms with Crippen LogP contribution < -0.4 is 10.6 Å². The van der Waals surface area contributed by atoms with Crippen LogP contribution in [0.25, 0.3) is 0 Å². The van der Waals surface area contributed by atoms with Crippen molar-refractivity contribution in [2.75, 3.05) is 11.9 Å². The molecule has 2 heterocycles. The lowest BCUT2D eigenvalue weighted by molar-refractivity contribution is 0.461. The molecule has 0 aromatic carbocycles. The van der Waals surface area contributed by atoms with Crippen molar-refractivity contribution < 1.29 is 0 Å². The van der Waals surface area contributed by atoms with Gasteiger partial charge in [0.1, 0.15) is 5.82 Å². The molecule has 98 valence electrons. The first-order valence-electron chi connectivity index (χ1n) is 6.85. The van der Waals surface area contributed by atoms with E-state index >= 15 is 0 Å². The quantitative estimate of drug-likeness (QED) is 0.808. The minimum absolute atomic E-state index is 0.369. The van der Waals surface area contributed by atoms with Crippen molar-refractivity contribution in [1.82, 2.24) is 15.3 Å². The van der Waals surface area contributed by atoms with E-state index < -0.39 is 0 Å². The number of fused-ring (bicyclic) bond motifs is 1. The zero-order valence-electron chi connectivity index (χ0n) is 10.5. The van der Waals surface area contributed by atoms with Crippen molar-refractivity contribution >= 4 is 17.4 Å². The van der Waals surface area contributed by atoms with Gasteiger partial charge in [-0.2, -0.15) is 0 Å². The van der Waals surface area contributed by atoms with Crippen molar-refractivity contribution in [1.29, 1.82) is 0 Å². The van der Waals surface area contributed by atoms with E-state index in [1.165, 1.54) is 37.7 Å². The molecule has 0 unspecified atom stereocenters. The van der Waals surface area contributed by atoms with E-state index in [4.69, 9.17) is 11.6 Å². The van der Waals surface area contributed by atoms with Gasteiger partial charge in [0.05, 0.1) is 5.69 Å². The lowest BCUT2D eigenvalue weighted by Gasteiger charge is -2.26. The maximum atomic E-state index is 6.02. The number of halogens is 1. The maximum absolute atomic E-state index is 6.02. The highest BCUT2D eigenvalue weighted by Gasteiger charge is 2.20. The van der Waals surface area contributed by atoms with Gasteiger partial charge in [-0.05, 0) is 24.4 Å². The van der Waals surface area contributed by atoms with E-state index in [9.17, 15) is 0 Å². The summed E-state index contributed by atoms with van der Waals surface area (Å²) in [6.45, 7) is 1.82. The molecule has 0 amide bonds. The standard InChI is InChI=1S/C13H19ClN4/c14-13-17-11-6-7-15-8-10(11)12(18-13)16-9-4-2-1-3-5-9/h9,15H,1-8H2,(H,16,17,18). The molecule has 1 saturated carbocycles. The third-order valence-corrected chi connectivity index (χ3v) is 4.02. The van der Waals surface area contributed by atoms with Gasteiger partial charge in [0, 0.05) is 31.1 Å². The topological polar surface area (TPSA) is 49.8 Å². The average molecular weight is 267 g/mol. The first-order valence-corrected chi connectivity index (χ1v) is 7.23. The molecule has 1 aliphatic heterocycles. The molecular formula is C13H19ClN4. The minimum Gasteiger partial charge on any atom is -0.367 e. The minimum atomic E-state index is 0.369. The zero-order chi connectivity index (χ0) is 12.4.